The van der Waals surface area contributed by atoms with Gasteiger partial charge in [-0.05, 0) is 64.5 Å². The minimum absolute atomic E-state index is 0.134. The Labute approximate surface area is 163 Å². The van der Waals surface area contributed by atoms with Crippen molar-refractivity contribution in [2.24, 2.45) is 5.92 Å². The second kappa shape index (κ2) is 7.19. The summed E-state index contributed by atoms with van der Waals surface area (Å²) in [5, 5.41) is 14.1. The molecule has 1 amide bonds. The molecule has 1 N–H and O–H groups in total. The van der Waals surface area contributed by atoms with Gasteiger partial charge in [-0.25, -0.2) is 0 Å². The summed E-state index contributed by atoms with van der Waals surface area (Å²) in [4.78, 5) is 23.3. The van der Waals surface area contributed by atoms with Gasteiger partial charge in [-0.3, -0.25) is 14.9 Å². The number of nitrogens with zero attached hydrogens (tertiary/aromatic N) is 1. The Balaban J connectivity index is 1.58. The number of carbonyl (C=O) groups excluding carboxylic acids is 1. The SMILES string of the molecule is O=C(NC(c1ccc2c(c1)OCCO2)C1CC1)c1ccc(Br)c([N+](=O)[O-])c1. The topological polar surface area (TPSA) is 90.7 Å². The molecule has 0 bridgehead atoms. The van der Waals surface area contributed by atoms with E-state index >= 15 is 0 Å². The van der Waals surface area contributed by atoms with Gasteiger partial charge in [-0.15, -0.1) is 0 Å². The van der Waals surface area contributed by atoms with Crippen LogP contribution >= 0.6 is 15.9 Å². The van der Waals surface area contributed by atoms with E-state index in [0.717, 1.165) is 18.4 Å². The molecule has 8 heteroatoms. The highest BCUT2D eigenvalue weighted by molar-refractivity contribution is 9.10. The molecule has 4 rings (SSSR count). The zero-order valence-electron chi connectivity index (χ0n) is 14.3. The maximum absolute atomic E-state index is 12.7. The summed E-state index contributed by atoms with van der Waals surface area (Å²) < 4.78 is 11.5. The predicted molar refractivity (Wildman–Crippen MR) is 101 cm³/mol. The van der Waals surface area contributed by atoms with E-state index in [2.05, 4.69) is 21.2 Å². The Hall–Kier alpha value is -2.61. The molecule has 1 aliphatic heterocycles. The average molecular weight is 433 g/mol. The number of carbonyl (C=O) groups is 1. The van der Waals surface area contributed by atoms with Crippen LogP contribution in [0.15, 0.2) is 40.9 Å². The number of nitro groups is 1. The van der Waals surface area contributed by atoms with Gasteiger partial charge in [0.25, 0.3) is 11.6 Å². The van der Waals surface area contributed by atoms with E-state index in [-0.39, 0.29) is 23.2 Å². The van der Waals surface area contributed by atoms with Crippen molar-refractivity contribution in [2.45, 2.75) is 18.9 Å². The molecule has 2 aromatic carbocycles. The number of hydrogen-bond donors (Lipinski definition) is 1. The summed E-state index contributed by atoms with van der Waals surface area (Å²) in [6.07, 6.45) is 2.06. The molecule has 7 nitrogen and oxygen atoms in total. The first kappa shape index (κ1) is 17.8. The van der Waals surface area contributed by atoms with Gasteiger partial charge in [-0.2, -0.15) is 0 Å². The zero-order chi connectivity index (χ0) is 19.0. The van der Waals surface area contributed by atoms with Crippen LogP contribution in [0.1, 0.15) is 34.8 Å². The molecule has 0 saturated heterocycles. The van der Waals surface area contributed by atoms with E-state index in [9.17, 15) is 14.9 Å². The Morgan fingerprint density at radius 3 is 2.59 bits per heavy atom. The maximum atomic E-state index is 12.7. The van der Waals surface area contributed by atoms with Crippen LogP contribution in [-0.2, 0) is 0 Å². The van der Waals surface area contributed by atoms with Gasteiger partial charge in [0.15, 0.2) is 11.5 Å². The van der Waals surface area contributed by atoms with Crippen molar-refractivity contribution in [1.82, 2.24) is 5.32 Å². The number of nitro benzene ring substituents is 1. The first-order valence-electron chi connectivity index (χ1n) is 8.67. The monoisotopic (exact) mass is 432 g/mol. The lowest BCUT2D eigenvalue weighted by molar-refractivity contribution is -0.385. The largest absolute Gasteiger partial charge is 0.486 e. The minimum atomic E-state index is -0.514. The summed E-state index contributed by atoms with van der Waals surface area (Å²) in [5.74, 6) is 1.40. The van der Waals surface area contributed by atoms with Gasteiger partial charge in [0.2, 0.25) is 0 Å². The molecular weight excluding hydrogens is 416 g/mol. The highest BCUT2D eigenvalue weighted by Crippen LogP contribution is 2.43. The molecule has 1 atom stereocenters. The zero-order valence-corrected chi connectivity index (χ0v) is 15.9. The normalized spacial score (nSPS) is 16.5. The number of amides is 1. The highest BCUT2D eigenvalue weighted by Gasteiger charge is 2.34. The number of fused-ring (bicyclic) bond motifs is 1. The Kier molecular flexibility index (Phi) is 4.73. The number of hydrogen-bond acceptors (Lipinski definition) is 5. The summed E-state index contributed by atoms with van der Waals surface area (Å²) in [6, 6.07) is 9.89. The summed E-state index contributed by atoms with van der Waals surface area (Å²) in [5.41, 5.74) is 1.07. The lowest BCUT2D eigenvalue weighted by Gasteiger charge is -2.23. The van der Waals surface area contributed by atoms with E-state index in [1.54, 1.807) is 6.07 Å². The lowest BCUT2D eigenvalue weighted by atomic mass is 10.0. The summed E-state index contributed by atoms with van der Waals surface area (Å²) in [6.45, 7) is 1.02. The molecule has 0 radical (unpaired) electrons. The van der Waals surface area contributed by atoms with Crippen LogP contribution in [-0.4, -0.2) is 24.0 Å². The van der Waals surface area contributed by atoms with Crippen molar-refractivity contribution < 1.29 is 19.2 Å². The molecular formula is C19H17BrN2O5. The number of rotatable bonds is 5. The minimum Gasteiger partial charge on any atom is -0.486 e. The number of halogens is 1. The number of ether oxygens (including phenoxy) is 2. The molecule has 140 valence electrons. The lowest BCUT2D eigenvalue weighted by Crippen LogP contribution is -2.30. The number of benzene rings is 2. The molecule has 27 heavy (non-hydrogen) atoms. The molecule has 1 unspecified atom stereocenters. The fourth-order valence-corrected chi connectivity index (χ4v) is 3.57. The van der Waals surface area contributed by atoms with E-state index in [4.69, 9.17) is 9.47 Å². The van der Waals surface area contributed by atoms with Crippen LogP contribution in [0.4, 0.5) is 5.69 Å². The van der Waals surface area contributed by atoms with Crippen LogP contribution in [0.3, 0.4) is 0 Å². The Morgan fingerprint density at radius 1 is 1.15 bits per heavy atom. The first-order chi connectivity index (χ1) is 13.0. The quantitative estimate of drug-likeness (QED) is 0.569. The molecule has 1 heterocycles. The summed E-state index contributed by atoms with van der Waals surface area (Å²) in [7, 11) is 0. The maximum Gasteiger partial charge on any atom is 0.284 e. The van der Waals surface area contributed by atoms with Crippen molar-refractivity contribution >= 4 is 27.5 Å². The second-order valence-electron chi connectivity index (χ2n) is 6.61. The standard InChI is InChI=1S/C19H17BrN2O5/c20-14-5-3-13(9-15(14)22(24)25)19(23)21-18(11-1-2-11)12-4-6-16-17(10-12)27-8-7-26-16/h3-6,9-11,18H,1-2,7-8H2,(H,21,23). The molecule has 1 saturated carbocycles. The fraction of sp³-hybridized carbons (Fsp3) is 0.316. The smallest absolute Gasteiger partial charge is 0.284 e. The predicted octanol–water partition coefficient (Wildman–Crippen LogP) is 4.01. The van der Waals surface area contributed by atoms with Crippen LogP contribution in [0.5, 0.6) is 11.5 Å². The highest BCUT2D eigenvalue weighted by atomic mass is 79.9. The molecule has 2 aromatic rings. The van der Waals surface area contributed by atoms with E-state index in [1.807, 2.05) is 18.2 Å². The third-order valence-corrected chi connectivity index (χ3v) is 5.38. The molecule has 1 aliphatic carbocycles. The Bertz CT molecular complexity index is 913. The van der Waals surface area contributed by atoms with Crippen molar-refractivity contribution in [1.29, 1.82) is 0 Å². The van der Waals surface area contributed by atoms with Crippen molar-refractivity contribution in [2.75, 3.05) is 13.2 Å². The molecule has 1 fully saturated rings. The van der Waals surface area contributed by atoms with E-state index in [1.165, 1.54) is 12.1 Å². The number of nitrogens with one attached hydrogen (secondary N) is 1. The van der Waals surface area contributed by atoms with Gasteiger partial charge in [0.05, 0.1) is 15.4 Å². The van der Waals surface area contributed by atoms with E-state index in [0.29, 0.717) is 35.1 Å². The fourth-order valence-electron chi connectivity index (χ4n) is 3.17. The Morgan fingerprint density at radius 2 is 1.89 bits per heavy atom. The molecule has 0 aromatic heterocycles. The summed E-state index contributed by atoms with van der Waals surface area (Å²) >= 11 is 3.14. The first-order valence-corrected chi connectivity index (χ1v) is 9.46. The molecule has 2 aliphatic rings. The molecule has 0 spiro atoms. The van der Waals surface area contributed by atoms with Crippen molar-refractivity contribution in [3.05, 3.63) is 62.1 Å². The van der Waals surface area contributed by atoms with Gasteiger partial charge in [0.1, 0.15) is 13.2 Å². The van der Waals surface area contributed by atoms with Gasteiger partial charge >= 0.3 is 0 Å². The average Bonchev–Trinajstić information content (AvgIpc) is 3.50. The van der Waals surface area contributed by atoms with Crippen LogP contribution in [0.2, 0.25) is 0 Å². The van der Waals surface area contributed by atoms with Gasteiger partial charge in [0, 0.05) is 11.6 Å². The van der Waals surface area contributed by atoms with Crippen LogP contribution in [0, 0.1) is 16.0 Å². The van der Waals surface area contributed by atoms with Crippen molar-refractivity contribution in [3.63, 3.8) is 0 Å². The van der Waals surface area contributed by atoms with E-state index < -0.39 is 4.92 Å². The van der Waals surface area contributed by atoms with Crippen molar-refractivity contribution in [3.8, 4) is 11.5 Å². The third kappa shape index (κ3) is 3.75. The van der Waals surface area contributed by atoms with Gasteiger partial charge in [-0.1, -0.05) is 6.07 Å². The van der Waals surface area contributed by atoms with Crippen LogP contribution in [0.25, 0.3) is 0 Å². The third-order valence-electron chi connectivity index (χ3n) is 4.71. The second-order valence-corrected chi connectivity index (χ2v) is 7.47. The van der Waals surface area contributed by atoms with Crippen LogP contribution < -0.4 is 14.8 Å². The van der Waals surface area contributed by atoms with Gasteiger partial charge < -0.3 is 14.8 Å².